The molecule has 0 amide bonds. The van der Waals surface area contributed by atoms with Gasteiger partial charge in [0.2, 0.25) is 0 Å². The van der Waals surface area contributed by atoms with Crippen LogP contribution in [0, 0.1) is 6.92 Å². The first-order chi connectivity index (χ1) is 19.1. The number of nitrogen functional groups attached to an aromatic ring is 1. The van der Waals surface area contributed by atoms with E-state index in [1.807, 2.05) is 67.6 Å². The third kappa shape index (κ3) is 6.65. The van der Waals surface area contributed by atoms with Crippen molar-refractivity contribution in [2.75, 3.05) is 16.4 Å². The average Bonchev–Trinajstić information content (AvgIpc) is 2.95. The van der Waals surface area contributed by atoms with Gasteiger partial charge in [-0.2, -0.15) is 0 Å². The molecule has 41 heavy (non-hydrogen) atoms. The van der Waals surface area contributed by atoms with Crippen LogP contribution in [0.3, 0.4) is 0 Å². The van der Waals surface area contributed by atoms with Gasteiger partial charge in [-0.05, 0) is 83.8 Å². The number of benzene rings is 5. The van der Waals surface area contributed by atoms with Crippen molar-refractivity contribution < 1.29 is 47.6 Å². The van der Waals surface area contributed by atoms with E-state index >= 15 is 0 Å². The Balaban J connectivity index is 0.00000387. The van der Waals surface area contributed by atoms with E-state index in [0.29, 0.717) is 28.1 Å². The molecule has 0 spiro atoms. The summed E-state index contributed by atoms with van der Waals surface area (Å²) in [5, 5.41) is 18.7. The molecule has 0 aliphatic heterocycles. The molecule has 0 bridgehead atoms. The molecule has 1 unspecified atom stereocenters. The second-order valence-electron chi connectivity index (χ2n) is 9.50. The van der Waals surface area contributed by atoms with Crippen LogP contribution in [0.4, 0.5) is 28.4 Å². The number of anilines is 5. The van der Waals surface area contributed by atoms with Gasteiger partial charge in [0.25, 0.3) is 0 Å². The van der Waals surface area contributed by atoms with Crippen LogP contribution in [-0.4, -0.2) is 18.1 Å². The zero-order valence-electron chi connectivity index (χ0n) is 22.7. The van der Waals surface area contributed by atoms with Gasteiger partial charge in [0.1, 0.15) is 15.7 Å². The Morgan fingerprint density at radius 3 is 1.73 bits per heavy atom. The molecule has 0 aromatic heterocycles. The molecule has 0 fully saturated rings. The van der Waals surface area contributed by atoms with Crippen molar-refractivity contribution in [3.8, 4) is 0 Å². The summed E-state index contributed by atoms with van der Waals surface area (Å²) < 4.78 is 35.0. The minimum Gasteiger partial charge on any atom is -0.744 e. The van der Waals surface area contributed by atoms with Gasteiger partial charge in [-0.15, -0.1) is 0 Å². The molecule has 0 aliphatic carbocycles. The van der Waals surface area contributed by atoms with Crippen LogP contribution < -0.4 is 45.9 Å². The van der Waals surface area contributed by atoms with Gasteiger partial charge in [-0.1, -0.05) is 66.7 Å². The Hall–Kier alpha value is -3.63. The molecular weight excluding hydrogens is 545 g/mol. The maximum absolute atomic E-state index is 12.4. The molecule has 0 saturated carbocycles. The summed E-state index contributed by atoms with van der Waals surface area (Å²) in [6.07, 6.45) is 0. The molecule has 0 aliphatic rings. The Morgan fingerprint density at radius 2 is 1.17 bits per heavy atom. The second kappa shape index (κ2) is 12.5. The maximum Gasteiger partial charge on any atom is 1.00 e. The van der Waals surface area contributed by atoms with E-state index in [-0.39, 0.29) is 40.1 Å². The Kier molecular flexibility index (Phi) is 9.24. The quantitative estimate of drug-likeness (QED) is 0.0971. The molecule has 5 aromatic carbocycles. The normalized spacial score (nSPS) is 12.6. The fraction of sp³-hybridized carbons (Fsp3) is 0.0625. The van der Waals surface area contributed by atoms with Crippen molar-refractivity contribution in [1.82, 2.24) is 0 Å². The number of hydrogen-bond acceptors (Lipinski definition) is 7. The molecule has 5 rings (SSSR count). The summed E-state index contributed by atoms with van der Waals surface area (Å²) in [6.45, 7) is 1.89. The predicted molar refractivity (Wildman–Crippen MR) is 158 cm³/mol. The third-order valence-corrected chi connectivity index (χ3v) is 7.69. The topological polar surface area (TPSA) is 128 Å². The summed E-state index contributed by atoms with van der Waals surface area (Å²) in [4.78, 5) is -0.336. The molecule has 0 radical (unpaired) electrons. The average molecular weight is 574 g/mol. The monoisotopic (exact) mass is 573 g/mol. The fourth-order valence-corrected chi connectivity index (χ4v) is 5.26. The minimum atomic E-state index is -4.66. The van der Waals surface area contributed by atoms with Crippen LogP contribution in [0.1, 0.15) is 22.3 Å². The number of rotatable bonds is 8. The van der Waals surface area contributed by atoms with Gasteiger partial charge < -0.3 is 26.0 Å². The standard InChI is InChI=1S/C32H29N3O4S.Na/c1-22-21-25(15-20-29(22)33)32(36,23-11-16-27(17-12-23)34-26-7-3-2-4-8-26)24-13-18-28(19-14-24)35-30-9-5-6-10-31(30)40(37,38)39;/h2-21,34-36H,33H2,1H3,(H,37,38,39);/q;+1/p-1. The van der Waals surface area contributed by atoms with Gasteiger partial charge in [-0.25, -0.2) is 8.42 Å². The van der Waals surface area contributed by atoms with Crippen LogP contribution >= 0.6 is 0 Å². The van der Waals surface area contributed by atoms with Crippen LogP contribution in [0.5, 0.6) is 0 Å². The Labute approximate surface area is 262 Å². The van der Waals surface area contributed by atoms with Gasteiger partial charge in [-0.3, -0.25) is 0 Å². The first-order valence-corrected chi connectivity index (χ1v) is 14.0. The number of hydrogen-bond donors (Lipinski definition) is 4. The van der Waals surface area contributed by atoms with Crippen molar-refractivity contribution in [2.24, 2.45) is 0 Å². The summed E-state index contributed by atoms with van der Waals surface area (Å²) in [5.74, 6) is 0. The fourth-order valence-electron chi connectivity index (χ4n) is 4.62. The molecule has 202 valence electrons. The van der Waals surface area contributed by atoms with E-state index in [0.717, 1.165) is 16.9 Å². The van der Waals surface area contributed by atoms with Crippen molar-refractivity contribution in [3.05, 3.63) is 144 Å². The van der Waals surface area contributed by atoms with Crippen LogP contribution in [-0.2, 0) is 15.7 Å². The van der Waals surface area contributed by atoms with Gasteiger partial charge >= 0.3 is 29.6 Å². The van der Waals surface area contributed by atoms with E-state index in [2.05, 4.69) is 10.6 Å². The first kappa shape index (κ1) is 30.3. The maximum atomic E-state index is 12.4. The molecule has 9 heteroatoms. The van der Waals surface area contributed by atoms with Crippen LogP contribution in [0.2, 0.25) is 0 Å². The molecule has 5 N–H and O–H groups in total. The smallest absolute Gasteiger partial charge is 0.744 e. The third-order valence-electron chi connectivity index (χ3n) is 6.79. The van der Waals surface area contributed by atoms with Crippen molar-refractivity contribution in [1.29, 1.82) is 0 Å². The summed E-state index contributed by atoms with van der Waals surface area (Å²) >= 11 is 0. The Morgan fingerprint density at radius 1 is 0.683 bits per heavy atom. The zero-order valence-corrected chi connectivity index (χ0v) is 25.5. The van der Waals surface area contributed by atoms with Gasteiger partial charge in [0, 0.05) is 22.7 Å². The second-order valence-corrected chi connectivity index (χ2v) is 10.9. The molecular formula is C32H28N3NaO4S. The first-order valence-electron chi connectivity index (χ1n) is 12.6. The number of aliphatic hydroxyl groups is 1. The van der Waals surface area contributed by atoms with E-state index in [1.54, 1.807) is 42.5 Å². The number of nitrogens with one attached hydrogen (secondary N) is 2. The van der Waals surface area contributed by atoms with Crippen molar-refractivity contribution >= 4 is 38.6 Å². The summed E-state index contributed by atoms with van der Waals surface area (Å²) in [5.41, 5.74) is 10.5. The van der Waals surface area contributed by atoms with Crippen LogP contribution in [0.15, 0.2) is 126 Å². The molecule has 0 heterocycles. The molecule has 1 atom stereocenters. The molecule has 7 nitrogen and oxygen atoms in total. The SMILES string of the molecule is Cc1cc(C(O)(c2ccc(Nc3ccccc3)cc2)c2ccc(Nc3ccccc3S(=O)(=O)[O-])cc2)ccc1N.[Na+]. The largest absolute Gasteiger partial charge is 1.00 e. The van der Waals surface area contributed by atoms with Crippen molar-refractivity contribution in [2.45, 2.75) is 17.4 Å². The van der Waals surface area contributed by atoms with Crippen molar-refractivity contribution in [3.63, 3.8) is 0 Å². The van der Waals surface area contributed by atoms with E-state index < -0.39 is 15.7 Å². The minimum absolute atomic E-state index is 0. The van der Waals surface area contributed by atoms with Crippen LogP contribution in [0.25, 0.3) is 0 Å². The van der Waals surface area contributed by atoms with E-state index in [1.165, 1.54) is 18.2 Å². The van der Waals surface area contributed by atoms with E-state index in [9.17, 15) is 18.1 Å². The number of aryl methyl sites for hydroxylation is 1. The van der Waals surface area contributed by atoms with Gasteiger partial charge in [0.05, 0.1) is 10.6 Å². The zero-order chi connectivity index (χ0) is 28.3. The molecule has 5 aromatic rings. The molecule has 0 saturated heterocycles. The van der Waals surface area contributed by atoms with E-state index in [4.69, 9.17) is 5.73 Å². The summed E-state index contributed by atoms with van der Waals surface area (Å²) in [6, 6.07) is 35.7. The number of nitrogens with two attached hydrogens (primary N) is 1. The predicted octanol–water partition coefficient (Wildman–Crippen LogP) is 3.26. The van der Waals surface area contributed by atoms with Gasteiger partial charge in [0.15, 0.2) is 0 Å². The summed E-state index contributed by atoms with van der Waals surface area (Å²) in [7, 11) is -4.66. The Bertz CT molecular complexity index is 1750. The number of para-hydroxylation sites is 2.